The van der Waals surface area contributed by atoms with Crippen LogP contribution < -0.4 is 5.32 Å². The van der Waals surface area contributed by atoms with E-state index < -0.39 is 0 Å². The quantitative estimate of drug-likeness (QED) is 0.590. The van der Waals surface area contributed by atoms with E-state index in [1.165, 1.54) is 23.5 Å². The van der Waals surface area contributed by atoms with Crippen molar-refractivity contribution in [2.75, 3.05) is 26.9 Å². The van der Waals surface area contributed by atoms with Gasteiger partial charge in [-0.15, -0.1) is 0 Å². The van der Waals surface area contributed by atoms with Gasteiger partial charge in [0.1, 0.15) is 0 Å². The van der Waals surface area contributed by atoms with E-state index in [2.05, 4.69) is 51.4 Å². The number of likely N-dealkylation sites (N-methyl/N-ethyl adjacent to an activating group) is 1. The Bertz CT molecular complexity index is 722. The predicted octanol–water partition coefficient (Wildman–Crippen LogP) is 3.45. The minimum absolute atomic E-state index is 0.0653. The fourth-order valence-corrected chi connectivity index (χ4v) is 2.97. The Hall–Kier alpha value is -1.63. The number of aryl methyl sites for hydroxylation is 1. The second-order valence-electron chi connectivity index (χ2n) is 5.84. The lowest BCUT2D eigenvalue weighted by Gasteiger charge is -2.25. The molecule has 0 radical (unpaired) electrons. The highest BCUT2D eigenvalue weighted by atomic mass is 35.5. The third-order valence-corrected chi connectivity index (χ3v) is 4.81. The maximum absolute atomic E-state index is 12.5. The van der Waals surface area contributed by atoms with Crippen molar-refractivity contribution in [1.82, 2.24) is 20.2 Å². The molecule has 0 spiro atoms. The zero-order valence-electron chi connectivity index (χ0n) is 14.9. The van der Waals surface area contributed by atoms with Crippen LogP contribution in [0.1, 0.15) is 34.6 Å². The van der Waals surface area contributed by atoms with E-state index >= 15 is 0 Å². The van der Waals surface area contributed by atoms with Gasteiger partial charge in [-0.25, -0.2) is 9.97 Å². The van der Waals surface area contributed by atoms with Crippen molar-refractivity contribution in [3.63, 3.8) is 0 Å². The van der Waals surface area contributed by atoms with Crippen LogP contribution in [0.25, 0.3) is 0 Å². The number of rotatable bonds is 7. The Balaban J connectivity index is 2.11. The van der Waals surface area contributed by atoms with E-state index in [9.17, 15) is 4.79 Å². The van der Waals surface area contributed by atoms with Crippen LogP contribution in [-0.2, 0) is 6.42 Å². The van der Waals surface area contributed by atoms with Crippen LogP contribution in [0.15, 0.2) is 35.6 Å². The molecule has 0 saturated heterocycles. The van der Waals surface area contributed by atoms with Gasteiger partial charge >= 0.3 is 0 Å². The summed E-state index contributed by atoms with van der Waals surface area (Å²) in [6.45, 7) is 2.60. The van der Waals surface area contributed by atoms with Crippen LogP contribution in [0.2, 0.25) is 5.02 Å². The summed E-state index contributed by atoms with van der Waals surface area (Å²) in [5.74, 6) is -0.292. The molecule has 5 nitrogen and oxygen atoms in total. The first-order chi connectivity index (χ1) is 12.0. The molecule has 0 aliphatic heterocycles. The van der Waals surface area contributed by atoms with Crippen molar-refractivity contribution in [2.24, 2.45) is 0 Å². The number of aromatic nitrogens is 2. The maximum atomic E-state index is 12.5. The van der Waals surface area contributed by atoms with Crippen molar-refractivity contribution in [1.29, 1.82) is 0 Å². The lowest BCUT2D eigenvalue weighted by molar-refractivity contribution is 0.0936. The minimum Gasteiger partial charge on any atom is -0.349 e. The molecule has 25 heavy (non-hydrogen) atoms. The summed E-state index contributed by atoms with van der Waals surface area (Å²) in [6.07, 6.45) is 4.32. The highest BCUT2D eigenvalue weighted by Gasteiger charge is 2.18. The zero-order chi connectivity index (χ0) is 18.4. The van der Waals surface area contributed by atoms with Crippen molar-refractivity contribution in [2.45, 2.75) is 24.5 Å². The largest absolute Gasteiger partial charge is 0.349 e. The first kappa shape index (κ1) is 19.7. The third kappa shape index (κ3) is 5.17. The molecule has 134 valence electrons. The molecule has 0 fully saturated rings. The van der Waals surface area contributed by atoms with Crippen molar-refractivity contribution in [3.05, 3.63) is 52.3 Å². The highest BCUT2D eigenvalue weighted by Crippen LogP contribution is 2.20. The summed E-state index contributed by atoms with van der Waals surface area (Å²) in [4.78, 5) is 22.8. The summed E-state index contributed by atoms with van der Waals surface area (Å²) in [7, 11) is 3.99. The number of nitrogens with zero attached hydrogens (tertiary/aromatic N) is 3. The van der Waals surface area contributed by atoms with E-state index in [0.29, 0.717) is 11.7 Å². The van der Waals surface area contributed by atoms with Gasteiger partial charge in [0.05, 0.1) is 17.3 Å². The Morgan fingerprint density at radius 1 is 1.32 bits per heavy atom. The van der Waals surface area contributed by atoms with Gasteiger partial charge < -0.3 is 10.2 Å². The van der Waals surface area contributed by atoms with Crippen molar-refractivity contribution < 1.29 is 4.79 Å². The van der Waals surface area contributed by atoms with E-state index in [0.717, 1.165) is 12.0 Å². The fourth-order valence-electron chi connectivity index (χ4n) is 2.46. The van der Waals surface area contributed by atoms with E-state index in [4.69, 9.17) is 11.6 Å². The molecule has 1 amide bonds. The van der Waals surface area contributed by atoms with Crippen LogP contribution in [0.4, 0.5) is 0 Å². The summed E-state index contributed by atoms with van der Waals surface area (Å²) >= 11 is 7.44. The van der Waals surface area contributed by atoms with Crippen LogP contribution in [0.5, 0.6) is 0 Å². The predicted molar refractivity (Wildman–Crippen MR) is 103 cm³/mol. The van der Waals surface area contributed by atoms with Gasteiger partial charge in [0, 0.05) is 6.54 Å². The van der Waals surface area contributed by atoms with Gasteiger partial charge in [-0.3, -0.25) is 4.79 Å². The van der Waals surface area contributed by atoms with Gasteiger partial charge in [0.2, 0.25) is 0 Å². The van der Waals surface area contributed by atoms with E-state index in [-0.39, 0.29) is 22.7 Å². The van der Waals surface area contributed by atoms with Gasteiger partial charge in [-0.2, -0.15) is 0 Å². The van der Waals surface area contributed by atoms with Gasteiger partial charge in [-0.1, -0.05) is 54.6 Å². The molecular weight excluding hydrogens is 356 g/mol. The number of nitrogens with one attached hydrogen (secondary N) is 1. The Morgan fingerprint density at radius 3 is 2.56 bits per heavy atom. The molecule has 1 atom stereocenters. The Kier molecular flexibility index (Phi) is 7.23. The molecule has 0 aliphatic carbocycles. The number of halogens is 1. The normalized spacial score (nSPS) is 12.2. The monoisotopic (exact) mass is 378 g/mol. The number of benzene rings is 1. The van der Waals surface area contributed by atoms with Crippen LogP contribution in [0.3, 0.4) is 0 Å². The van der Waals surface area contributed by atoms with Gasteiger partial charge in [0.25, 0.3) is 5.91 Å². The summed E-state index contributed by atoms with van der Waals surface area (Å²) in [6, 6.07) is 8.54. The number of thioether (sulfide) groups is 1. The van der Waals surface area contributed by atoms with E-state index in [1.54, 1.807) is 0 Å². The number of carbonyl (C=O) groups is 1. The number of carbonyl (C=O) groups excluding carboxylic acids is 1. The van der Waals surface area contributed by atoms with Crippen LogP contribution in [-0.4, -0.2) is 47.7 Å². The van der Waals surface area contributed by atoms with E-state index in [1.807, 2.05) is 20.4 Å². The molecule has 0 aliphatic rings. The van der Waals surface area contributed by atoms with Crippen molar-refractivity contribution in [3.8, 4) is 0 Å². The Labute approximate surface area is 158 Å². The van der Waals surface area contributed by atoms with Gasteiger partial charge in [0.15, 0.2) is 10.9 Å². The Morgan fingerprint density at radius 2 is 2.00 bits per heavy atom. The summed E-state index contributed by atoms with van der Waals surface area (Å²) in [5, 5.41) is 3.71. The first-order valence-electron chi connectivity index (χ1n) is 8.06. The first-order valence-corrected chi connectivity index (χ1v) is 9.66. The molecule has 0 bridgehead atoms. The fraction of sp³-hybridized carbons (Fsp3) is 0.389. The lowest BCUT2D eigenvalue weighted by Crippen LogP contribution is -2.35. The number of hydrogen-bond acceptors (Lipinski definition) is 5. The molecule has 2 aromatic rings. The zero-order valence-corrected chi connectivity index (χ0v) is 16.5. The SMILES string of the molecule is CCc1ccc([C@H](CNC(=O)c2nc(SC)ncc2Cl)N(C)C)cc1. The van der Waals surface area contributed by atoms with Crippen LogP contribution >= 0.6 is 23.4 Å². The second-order valence-corrected chi connectivity index (χ2v) is 7.02. The van der Waals surface area contributed by atoms with Crippen LogP contribution in [0, 0.1) is 0 Å². The molecule has 2 rings (SSSR count). The molecular formula is C18H23ClN4OS. The third-order valence-electron chi connectivity index (χ3n) is 3.97. The molecule has 1 N–H and O–H groups in total. The van der Waals surface area contributed by atoms with Gasteiger partial charge in [-0.05, 0) is 37.9 Å². The van der Waals surface area contributed by atoms with Crippen molar-refractivity contribution >= 4 is 29.3 Å². The molecule has 1 aromatic heterocycles. The minimum atomic E-state index is -0.292. The topological polar surface area (TPSA) is 58.1 Å². The molecule has 1 aromatic carbocycles. The molecule has 0 saturated carbocycles. The number of hydrogen-bond donors (Lipinski definition) is 1. The maximum Gasteiger partial charge on any atom is 0.271 e. The standard InChI is InChI=1S/C18H23ClN4OS/c1-5-12-6-8-13(9-7-12)15(23(2)3)11-20-17(24)16-14(19)10-21-18(22-16)25-4/h6-10,15H,5,11H2,1-4H3,(H,20,24)/t15-/m0/s1. The second kappa shape index (κ2) is 9.17. The lowest BCUT2D eigenvalue weighted by atomic mass is 10.0. The molecule has 0 unspecified atom stereocenters. The highest BCUT2D eigenvalue weighted by molar-refractivity contribution is 7.98. The number of amides is 1. The molecule has 7 heteroatoms. The average molecular weight is 379 g/mol. The average Bonchev–Trinajstić information content (AvgIpc) is 2.62. The summed E-state index contributed by atoms with van der Waals surface area (Å²) in [5.41, 5.74) is 2.66. The summed E-state index contributed by atoms with van der Waals surface area (Å²) < 4.78 is 0. The molecule has 1 heterocycles. The smallest absolute Gasteiger partial charge is 0.271 e.